The number of nitrogen functional groups attached to an aromatic ring is 1. The van der Waals surface area contributed by atoms with Gasteiger partial charge in [0.15, 0.2) is 0 Å². The van der Waals surface area contributed by atoms with Crippen molar-refractivity contribution in [2.75, 3.05) is 12.3 Å². The van der Waals surface area contributed by atoms with Crippen LogP contribution in [0.25, 0.3) is 0 Å². The van der Waals surface area contributed by atoms with E-state index in [4.69, 9.17) is 10.5 Å². The van der Waals surface area contributed by atoms with Crippen LogP contribution in [0.2, 0.25) is 0 Å². The second-order valence-corrected chi connectivity index (χ2v) is 6.86. The summed E-state index contributed by atoms with van der Waals surface area (Å²) in [7, 11) is 0. The van der Waals surface area contributed by atoms with Crippen molar-refractivity contribution in [3.63, 3.8) is 0 Å². The van der Waals surface area contributed by atoms with Gasteiger partial charge >= 0.3 is 0 Å². The molecule has 2 N–H and O–H groups in total. The average molecular weight is 361 g/mol. The summed E-state index contributed by atoms with van der Waals surface area (Å²) < 4.78 is 6.60. The van der Waals surface area contributed by atoms with Crippen molar-refractivity contribution in [1.82, 2.24) is 9.97 Å². The number of nitrogens with zero attached hydrogens (tertiary/aromatic N) is 2. The number of halogens is 1. The first-order valence-electron chi connectivity index (χ1n) is 6.32. The third kappa shape index (κ3) is 3.12. The first-order valence-corrected chi connectivity index (χ1v) is 7.40. The molecule has 1 unspecified atom stereocenters. The molecule has 100 valence electrons. The SMILES string of the molecule is CC(C)(C)c1nc(CC2CCCO2)nc(N)c1I. The molecule has 1 aliphatic heterocycles. The number of ether oxygens (including phenoxy) is 1. The number of hydrogen-bond donors (Lipinski definition) is 1. The van der Waals surface area contributed by atoms with Gasteiger partial charge in [0.1, 0.15) is 11.6 Å². The number of anilines is 1. The lowest BCUT2D eigenvalue weighted by atomic mass is 9.92. The fraction of sp³-hybridized carbons (Fsp3) is 0.692. The summed E-state index contributed by atoms with van der Waals surface area (Å²) in [5.41, 5.74) is 7.01. The fourth-order valence-corrected chi connectivity index (χ4v) is 3.16. The largest absolute Gasteiger partial charge is 0.383 e. The molecule has 0 aromatic carbocycles. The highest BCUT2D eigenvalue weighted by Crippen LogP contribution is 2.28. The lowest BCUT2D eigenvalue weighted by Crippen LogP contribution is -2.21. The lowest BCUT2D eigenvalue weighted by molar-refractivity contribution is 0.110. The summed E-state index contributed by atoms with van der Waals surface area (Å²) in [6.07, 6.45) is 3.26. The van der Waals surface area contributed by atoms with Gasteiger partial charge in [-0.15, -0.1) is 0 Å². The Morgan fingerprint density at radius 2 is 2.11 bits per heavy atom. The minimum atomic E-state index is -0.0150. The van der Waals surface area contributed by atoms with Crippen LogP contribution in [0.3, 0.4) is 0 Å². The van der Waals surface area contributed by atoms with Gasteiger partial charge in [-0.25, -0.2) is 9.97 Å². The van der Waals surface area contributed by atoms with Crippen molar-refractivity contribution in [2.45, 2.75) is 51.6 Å². The maximum absolute atomic E-state index is 5.99. The molecule has 0 bridgehead atoms. The molecule has 0 amide bonds. The van der Waals surface area contributed by atoms with Crippen molar-refractivity contribution in [3.05, 3.63) is 15.1 Å². The van der Waals surface area contributed by atoms with Gasteiger partial charge in [-0.2, -0.15) is 0 Å². The van der Waals surface area contributed by atoms with Crippen molar-refractivity contribution < 1.29 is 4.74 Å². The Balaban J connectivity index is 2.28. The van der Waals surface area contributed by atoms with Crippen LogP contribution in [-0.2, 0) is 16.6 Å². The Kier molecular flexibility index (Phi) is 4.11. The van der Waals surface area contributed by atoms with Gasteiger partial charge in [-0.1, -0.05) is 20.8 Å². The summed E-state index contributed by atoms with van der Waals surface area (Å²) in [6.45, 7) is 7.29. The van der Waals surface area contributed by atoms with E-state index >= 15 is 0 Å². The molecule has 18 heavy (non-hydrogen) atoms. The third-order valence-electron chi connectivity index (χ3n) is 3.07. The van der Waals surface area contributed by atoms with Crippen molar-refractivity contribution in [3.8, 4) is 0 Å². The zero-order valence-electron chi connectivity index (χ0n) is 11.2. The van der Waals surface area contributed by atoms with Crippen LogP contribution in [-0.4, -0.2) is 22.7 Å². The van der Waals surface area contributed by atoms with Crippen LogP contribution >= 0.6 is 22.6 Å². The van der Waals surface area contributed by atoms with Crippen molar-refractivity contribution in [1.29, 1.82) is 0 Å². The van der Waals surface area contributed by atoms with Crippen molar-refractivity contribution >= 4 is 28.4 Å². The predicted octanol–water partition coefficient (Wildman–Crippen LogP) is 2.68. The molecule has 1 aromatic heterocycles. The predicted molar refractivity (Wildman–Crippen MR) is 80.5 cm³/mol. The average Bonchev–Trinajstić information content (AvgIpc) is 2.74. The highest BCUT2D eigenvalue weighted by Gasteiger charge is 2.24. The smallest absolute Gasteiger partial charge is 0.140 e. The van der Waals surface area contributed by atoms with Crippen LogP contribution in [0.1, 0.15) is 45.1 Å². The van der Waals surface area contributed by atoms with Gasteiger partial charge in [0, 0.05) is 18.4 Å². The van der Waals surface area contributed by atoms with E-state index in [2.05, 4.69) is 53.3 Å². The van der Waals surface area contributed by atoms with E-state index in [1.807, 2.05) is 0 Å². The molecule has 1 aliphatic rings. The van der Waals surface area contributed by atoms with Crippen LogP contribution in [0.5, 0.6) is 0 Å². The second kappa shape index (κ2) is 5.28. The number of nitrogens with two attached hydrogens (primary N) is 1. The highest BCUT2D eigenvalue weighted by molar-refractivity contribution is 14.1. The molecular weight excluding hydrogens is 341 g/mol. The Morgan fingerprint density at radius 3 is 2.67 bits per heavy atom. The van der Waals surface area contributed by atoms with Gasteiger partial charge in [-0.05, 0) is 35.4 Å². The number of rotatable bonds is 2. The Morgan fingerprint density at radius 1 is 1.39 bits per heavy atom. The summed E-state index contributed by atoms with van der Waals surface area (Å²) in [6, 6.07) is 0. The summed E-state index contributed by atoms with van der Waals surface area (Å²) >= 11 is 2.23. The molecule has 0 spiro atoms. The molecule has 0 radical (unpaired) electrons. The maximum Gasteiger partial charge on any atom is 0.140 e. The van der Waals surface area contributed by atoms with Gasteiger partial charge < -0.3 is 10.5 Å². The first-order chi connectivity index (χ1) is 8.38. The Labute approximate surface area is 122 Å². The molecule has 2 rings (SSSR count). The van der Waals surface area contributed by atoms with Gasteiger partial charge in [-0.3, -0.25) is 0 Å². The lowest BCUT2D eigenvalue weighted by Gasteiger charge is -2.21. The van der Waals surface area contributed by atoms with E-state index < -0.39 is 0 Å². The number of hydrogen-bond acceptors (Lipinski definition) is 4. The minimum Gasteiger partial charge on any atom is -0.383 e. The number of aromatic nitrogens is 2. The summed E-state index contributed by atoms with van der Waals surface area (Å²) in [5.74, 6) is 1.40. The van der Waals surface area contributed by atoms with E-state index in [-0.39, 0.29) is 11.5 Å². The van der Waals surface area contributed by atoms with E-state index in [9.17, 15) is 0 Å². The fourth-order valence-electron chi connectivity index (χ4n) is 2.11. The Bertz CT molecular complexity index is 437. The molecule has 4 nitrogen and oxygen atoms in total. The standard InChI is InChI=1S/C13H20IN3O/c1-13(2,3)11-10(14)12(15)17-9(16-11)7-8-5-4-6-18-8/h8H,4-7H2,1-3H3,(H2,15,16,17). The minimum absolute atomic E-state index is 0.0150. The topological polar surface area (TPSA) is 61.0 Å². The molecule has 1 aromatic rings. The highest BCUT2D eigenvalue weighted by atomic mass is 127. The molecule has 5 heteroatoms. The summed E-state index contributed by atoms with van der Waals surface area (Å²) in [4.78, 5) is 9.08. The molecule has 1 saturated heterocycles. The summed E-state index contributed by atoms with van der Waals surface area (Å²) in [5, 5.41) is 0. The quantitative estimate of drug-likeness (QED) is 0.823. The van der Waals surface area contributed by atoms with Gasteiger partial charge in [0.2, 0.25) is 0 Å². The zero-order chi connectivity index (χ0) is 13.3. The van der Waals surface area contributed by atoms with E-state index in [0.29, 0.717) is 5.82 Å². The zero-order valence-corrected chi connectivity index (χ0v) is 13.3. The molecule has 2 heterocycles. The van der Waals surface area contributed by atoms with Crippen LogP contribution in [0.15, 0.2) is 0 Å². The molecule has 1 fully saturated rings. The van der Waals surface area contributed by atoms with E-state index in [1.165, 1.54) is 0 Å². The van der Waals surface area contributed by atoms with Crippen LogP contribution in [0.4, 0.5) is 5.82 Å². The van der Waals surface area contributed by atoms with Crippen molar-refractivity contribution in [2.24, 2.45) is 0 Å². The maximum atomic E-state index is 5.99. The molecule has 1 atom stereocenters. The first kappa shape index (κ1) is 14.0. The Hall–Kier alpha value is -0.430. The van der Waals surface area contributed by atoms with E-state index in [1.54, 1.807) is 0 Å². The normalized spacial score (nSPS) is 20.3. The van der Waals surface area contributed by atoms with Crippen LogP contribution in [0, 0.1) is 3.57 Å². The molecule has 0 saturated carbocycles. The van der Waals surface area contributed by atoms with Crippen LogP contribution < -0.4 is 5.73 Å². The monoisotopic (exact) mass is 361 g/mol. The van der Waals surface area contributed by atoms with Gasteiger partial charge in [0.05, 0.1) is 15.4 Å². The van der Waals surface area contributed by atoms with E-state index in [0.717, 1.165) is 41.0 Å². The third-order valence-corrected chi connectivity index (χ3v) is 4.13. The molecular formula is C13H20IN3O. The van der Waals surface area contributed by atoms with Gasteiger partial charge in [0.25, 0.3) is 0 Å². The second-order valence-electron chi connectivity index (χ2n) is 5.78. The molecule has 0 aliphatic carbocycles.